The van der Waals surface area contributed by atoms with Gasteiger partial charge in [0.1, 0.15) is 17.5 Å². The number of aromatic nitrogens is 2. The first kappa shape index (κ1) is 27.5. The van der Waals surface area contributed by atoms with Gasteiger partial charge in [-0.3, -0.25) is 4.79 Å². The van der Waals surface area contributed by atoms with Crippen LogP contribution in [0.2, 0.25) is 0 Å². The molecule has 3 rings (SSSR count). The standard InChI is InChI=1S/C26H37N7O2S/c1-6-24(34)29-19-7-9-20(10-8-19)36-25-31-22(30-21(28)15-17(2)27)16-23(32-25)33-13-11-18(12-14-33)26(3,4)35-5/h7-10,15-16,18,27H,6,11-14,28H2,1-5H3,(H,29,34)(H,30,31,32)/b21-15+,27-17?. The highest BCUT2D eigenvalue weighted by molar-refractivity contribution is 7.99. The number of nitrogens with one attached hydrogen (secondary N) is 3. The number of amides is 1. The van der Waals surface area contributed by atoms with E-state index in [4.69, 9.17) is 20.9 Å². The summed E-state index contributed by atoms with van der Waals surface area (Å²) in [5.41, 5.74) is 7.02. The van der Waals surface area contributed by atoms with Crippen LogP contribution < -0.4 is 21.3 Å². The second-order valence-electron chi connectivity index (χ2n) is 9.40. The first-order valence-corrected chi connectivity index (χ1v) is 13.0. The fourth-order valence-electron chi connectivity index (χ4n) is 4.03. The Bertz CT molecular complexity index is 1090. The Morgan fingerprint density at radius 1 is 1.25 bits per heavy atom. The predicted molar refractivity (Wildman–Crippen MR) is 147 cm³/mol. The molecule has 1 amide bonds. The Kier molecular flexibility index (Phi) is 9.33. The molecule has 194 valence electrons. The van der Waals surface area contributed by atoms with Crippen molar-refractivity contribution in [2.24, 2.45) is 11.7 Å². The van der Waals surface area contributed by atoms with Gasteiger partial charge < -0.3 is 31.4 Å². The zero-order valence-corrected chi connectivity index (χ0v) is 22.5. The minimum atomic E-state index is -0.155. The van der Waals surface area contributed by atoms with Crippen molar-refractivity contribution >= 4 is 40.7 Å². The maximum atomic E-state index is 11.6. The molecule has 1 aromatic carbocycles. The normalized spacial score (nSPS) is 15.0. The molecule has 36 heavy (non-hydrogen) atoms. The molecule has 0 aliphatic carbocycles. The van der Waals surface area contributed by atoms with Gasteiger partial charge in [-0.05, 0) is 81.6 Å². The number of methoxy groups -OCH3 is 1. The molecule has 5 N–H and O–H groups in total. The molecule has 1 aliphatic rings. The van der Waals surface area contributed by atoms with Gasteiger partial charge in [0.15, 0.2) is 5.16 Å². The summed E-state index contributed by atoms with van der Waals surface area (Å²) < 4.78 is 5.72. The van der Waals surface area contributed by atoms with Gasteiger partial charge in [0.2, 0.25) is 5.91 Å². The number of ether oxygens (including phenoxy) is 1. The number of hydrogen-bond donors (Lipinski definition) is 4. The number of allylic oxidation sites excluding steroid dienone is 1. The third-order valence-corrected chi connectivity index (χ3v) is 7.21. The Morgan fingerprint density at radius 2 is 1.92 bits per heavy atom. The summed E-state index contributed by atoms with van der Waals surface area (Å²) in [6.07, 6.45) is 4.00. The van der Waals surface area contributed by atoms with Crippen LogP contribution in [-0.4, -0.2) is 47.4 Å². The quantitative estimate of drug-likeness (QED) is 0.263. The van der Waals surface area contributed by atoms with Crippen molar-refractivity contribution in [3.8, 4) is 0 Å². The molecule has 0 spiro atoms. The number of anilines is 3. The molecule has 1 fully saturated rings. The molecule has 2 aromatic rings. The average molecular weight is 512 g/mol. The smallest absolute Gasteiger partial charge is 0.224 e. The first-order chi connectivity index (χ1) is 17.1. The van der Waals surface area contributed by atoms with Crippen molar-refractivity contribution in [1.29, 1.82) is 5.41 Å². The van der Waals surface area contributed by atoms with E-state index >= 15 is 0 Å². The van der Waals surface area contributed by atoms with Crippen LogP contribution in [0.15, 0.2) is 52.3 Å². The third kappa shape index (κ3) is 7.69. The number of carbonyl (C=O) groups excluding carboxylic acids is 1. The van der Waals surface area contributed by atoms with E-state index < -0.39 is 0 Å². The number of nitrogens with two attached hydrogens (primary N) is 1. The lowest BCUT2D eigenvalue weighted by Crippen LogP contribution is -2.43. The van der Waals surface area contributed by atoms with Crippen LogP contribution in [0.1, 0.15) is 47.0 Å². The van der Waals surface area contributed by atoms with E-state index in [-0.39, 0.29) is 11.5 Å². The molecular weight excluding hydrogens is 474 g/mol. The van der Waals surface area contributed by atoms with E-state index in [9.17, 15) is 4.79 Å². The summed E-state index contributed by atoms with van der Waals surface area (Å²) in [6.45, 7) is 9.52. The highest BCUT2D eigenvalue weighted by atomic mass is 32.2. The van der Waals surface area contributed by atoms with E-state index in [0.29, 0.717) is 34.8 Å². The Balaban J connectivity index is 1.82. The van der Waals surface area contributed by atoms with Crippen molar-refractivity contribution < 1.29 is 9.53 Å². The summed E-state index contributed by atoms with van der Waals surface area (Å²) in [5.74, 6) is 2.21. The Morgan fingerprint density at radius 3 is 2.50 bits per heavy atom. The van der Waals surface area contributed by atoms with Gasteiger partial charge in [-0.15, -0.1) is 0 Å². The van der Waals surface area contributed by atoms with E-state index in [2.05, 4.69) is 34.4 Å². The summed E-state index contributed by atoms with van der Waals surface area (Å²) in [5, 5.41) is 14.2. The van der Waals surface area contributed by atoms with Crippen LogP contribution in [0.25, 0.3) is 0 Å². The fraction of sp³-hybridized carbons (Fsp3) is 0.462. The van der Waals surface area contributed by atoms with Crippen LogP contribution in [0.5, 0.6) is 0 Å². The zero-order chi connectivity index (χ0) is 26.3. The van der Waals surface area contributed by atoms with Gasteiger partial charge in [0.05, 0.1) is 5.60 Å². The maximum absolute atomic E-state index is 11.6. The van der Waals surface area contributed by atoms with E-state index in [1.807, 2.05) is 37.3 Å². The van der Waals surface area contributed by atoms with Crippen molar-refractivity contribution in [3.63, 3.8) is 0 Å². The lowest BCUT2D eigenvalue weighted by atomic mass is 9.83. The monoisotopic (exact) mass is 511 g/mol. The third-order valence-electron chi connectivity index (χ3n) is 6.33. The summed E-state index contributed by atoms with van der Waals surface area (Å²) in [7, 11) is 1.77. The highest BCUT2D eigenvalue weighted by Crippen LogP contribution is 2.34. The fourth-order valence-corrected chi connectivity index (χ4v) is 4.80. The van der Waals surface area contributed by atoms with Crippen LogP contribution in [0.4, 0.5) is 17.3 Å². The van der Waals surface area contributed by atoms with Gasteiger partial charge in [-0.25, -0.2) is 9.97 Å². The maximum Gasteiger partial charge on any atom is 0.224 e. The number of carbonyl (C=O) groups is 1. The number of nitrogens with zero attached hydrogens (tertiary/aromatic N) is 3. The molecule has 0 bridgehead atoms. The Labute approximate surface area is 217 Å². The molecular formula is C26H37N7O2S. The molecule has 1 aromatic heterocycles. The van der Waals surface area contributed by atoms with Crippen LogP contribution in [-0.2, 0) is 9.53 Å². The summed E-state index contributed by atoms with van der Waals surface area (Å²) in [6, 6.07) is 9.51. The second kappa shape index (κ2) is 12.2. The first-order valence-electron chi connectivity index (χ1n) is 12.2. The van der Waals surface area contributed by atoms with Gasteiger partial charge in [-0.1, -0.05) is 6.92 Å². The second-order valence-corrected chi connectivity index (χ2v) is 10.4. The summed E-state index contributed by atoms with van der Waals surface area (Å²) >= 11 is 1.44. The predicted octanol–water partition coefficient (Wildman–Crippen LogP) is 4.87. The molecule has 0 radical (unpaired) electrons. The molecule has 9 nitrogen and oxygen atoms in total. The average Bonchev–Trinajstić information content (AvgIpc) is 2.84. The summed E-state index contributed by atoms with van der Waals surface area (Å²) in [4.78, 5) is 24.4. The minimum Gasteiger partial charge on any atom is -0.385 e. The lowest BCUT2D eigenvalue weighted by Gasteiger charge is -2.40. The minimum absolute atomic E-state index is 0.0226. The van der Waals surface area contributed by atoms with Crippen LogP contribution in [0, 0.1) is 11.3 Å². The van der Waals surface area contributed by atoms with Crippen molar-refractivity contribution in [2.75, 3.05) is 35.7 Å². The molecule has 1 saturated heterocycles. The van der Waals surface area contributed by atoms with Gasteiger partial charge >= 0.3 is 0 Å². The van der Waals surface area contributed by atoms with E-state index in [1.54, 1.807) is 20.1 Å². The van der Waals surface area contributed by atoms with Gasteiger partial charge in [-0.2, -0.15) is 0 Å². The molecule has 10 heteroatoms. The molecule has 0 atom stereocenters. The van der Waals surface area contributed by atoms with E-state index in [0.717, 1.165) is 42.3 Å². The van der Waals surface area contributed by atoms with E-state index in [1.165, 1.54) is 11.8 Å². The largest absolute Gasteiger partial charge is 0.385 e. The Hall–Kier alpha value is -3.11. The molecule has 1 aliphatic heterocycles. The highest BCUT2D eigenvalue weighted by Gasteiger charge is 2.33. The number of piperidine rings is 1. The van der Waals surface area contributed by atoms with Crippen molar-refractivity contribution in [2.45, 2.75) is 62.6 Å². The van der Waals surface area contributed by atoms with Crippen LogP contribution >= 0.6 is 11.8 Å². The molecule has 0 unspecified atom stereocenters. The van der Waals surface area contributed by atoms with Crippen molar-refractivity contribution in [1.82, 2.24) is 9.97 Å². The number of rotatable bonds is 10. The lowest BCUT2D eigenvalue weighted by molar-refractivity contribution is -0.115. The topological polar surface area (TPSA) is 129 Å². The van der Waals surface area contributed by atoms with Crippen LogP contribution in [0.3, 0.4) is 0 Å². The number of hydrogen-bond acceptors (Lipinski definition) is 9. The number of benzene rings is 1. The molecule has 2 heterocycles. The van der Waals surface area contributed by atoms with Crippen molar-refractivity contribution in [3.05, 3.63) is 42.2 Å². The zero-order valence-electron chi connectivity index (χ0n) is 21.7. The van der Waals surface area contributed by atoms with Gasteiger partial charge in [0.25, 0.3) is 0 Å². The molecule has 0 saturated carbocycles. The SMILES string of the molecule is CCC(=O)Nc1ccc(Sc2nc(N/C(N)=C/C(C)=N)cc(N3CCC(C(C)(C)OC)CC3)n2)cc1. The van der Waals surface area contributed by atoms with Gasteiger partial charge in [0, 0.05) is 49.0 Å².